The molecule has 0 fully saturated rings. The van der Waals surface area contributed by atoms with Gasteiger partial charge in [0.15, 0.2) is 16.7 Å². The van der Waals surface area contributed by atoms with Gasteiger partial charge < -0.3 is 14.8 Å². The molecule has 0 bridgehead atoms. The van der Waals surface area contributed by atoms with E-state index in [1.165, 1.54) is 11.8 Å². The van der Waals surface area contributed by atoms with Crippen LogP contribution in [-0.2, 0) is 11.3 Å². The number of unbranched alkanes of at least 4 members (excludes halogenated alkanes) is 3. The number of amides is 1. The van der Waals surface area contributed by atoms with Gasteiger partial charge >= 0.3 is 0 Å². The molecule has 1 N–H and O–H groups in total. The Kier molecular flexibility index (Phi) is 6.76. The normalized spacial score (nSPS) is 12.3. The first-order chi connectivity index (χ1) is 15.2. The molecule has 3 aromatic rings. The fraction of sp³-hybridized carbons (Fsp3) is 0.348. The molecule has 0 saturated heterocycles. The smallest absolute Gasteiger partial charge is 0.262 e. The monoisotopic (exact) mass is 439 g/mol. The number of carbonyl (C=O) groups excluding carboxylic acids is 1. The predicted molar refractivity (Wildman–Crippen MR) is 122 cm³/mol. The second-order valence-corrected chi connectivity index (χ2v) is 8.28. The van der Waals surface area contributed by atoms with Crippen LogP contribution in [0.5, 0.6) is 11.5 Å². The van der Waals surface area contributed by atoms with Crippen LogP contribution in [0.25, 0.3) is 10.9 Å². The van der Waals surface area contributed by atoms with Crippen molar-refractivity contribution in [2.45, 2.75) is 44.3 Å². The Morgan fingerprint density at radius 1 is 1.13 bits per heavy atom. The van der Waals surface area contributed by atoms with Gasteiger partial charge in [-0.25, -0.2) is 4.98 Å². The second-order valence-electron chi connectivity index (χ2n) is 7.33. The van der Waals surface area contributed by atoms with Crippen LogP contribution in [-0.4, -0.2) is 28.0 Å². The molecular weight excluding hydrogens is 414 g/mol. The molecule has 0 atom stereocenters. The summed E-state index contributed by atoms with van der Waals surface area (Å²) in [7, 11) is 0. The summed E-state index contributed by atoms with van der Waals surface area (Å²) in [6.45, 7) is 2.94. The van der Waals surface area contributed by atoms with Crippen molar-refractivity contribution in [3.05, 3.63) is 52.8 Å². The van der Waals surface area contributed by atoms with Gasteiger partial charge in [0.25, 0.3) is 5.56 Å². The second kappa shape index (κ2) is 9.87. The van der Waals surface area contributed by atoms with E-state index < -0.39 is 0 Å². The zero-order valence-electron chi connectivity index (χ0n) is 17.4. The van der Waals surface area contributed by atoms with Gasteiger partial charge in [-0.2, -0.15) is 0 Å². The Bertz CT molecular complexity index is 1150. The quantitative estimate of drug-likeness (QED) is 0.302. The fourth-order valence-corrected chi connectivity index (χ4v) is 4.28. The molecule has 0 radical (unpaired) electrons. The van der Waals surface area contributed by atoms with Crippen molar-refractivity contribution < 1.29 is 14.3 Å². The minimum Gasteiger partial charge on any atom is -0.454 e. The standard InChI is InChI=1S/C23H25N3O4S/c1-2-3-4-7-12-26-22(28)17-8-5-6-9-18(17)25-23(26)31-14-21(27)24-16-10-11-19-20(13-16)30-15-29-19/h5-6,8-11,13H,2-4,7,12,14-15H2,1H3,(H,24,27). The largest absolute Gasteiger partial charge is 0.454 e. The van der Waals surface area contributed by atoms with Gasteiger partial charge in [-0.05, 0) is 30.7 Å². The van der Waals surface area contributed by atoms with Crippen molar-refractivity contribution in [1.82, 2.24) is 9.55 Å². The van der Waals surface area contributed by atoms with Gasteiger partial charge in [0, 0.05) is 18.3 Å². The molecule has 0 aliphatic carbocycles. The minimum atomic E-state index is -0.177. The first-order valence-electron chi connectivity index (χ1n) is 10.5. The van der Waals surface area contributed by atoms with Crippen LogP contribution < -0.4 is 20.3 Å². The molecule has 4 rings (SSSR count). The number of carbonyl (C=O) groups is 1. The number of hydrogen-bond donors (Lipinski definition) is 1. The number of fused-ring (bicyclic) bond motifs is 2. The number of benzene rings is 2. The molecule has 162 valence electrons. The van der Waals surface area contributed by atoms with E-state index in [0.717, 1.165) is 25.7 Å². The third-order valence-corrected chi connectivity index (χ3v) is 6.03. The molecule has 1 aromatic heterocycles. The molecule has 2 aromatic carbocycles. The Morgan fingerprint density at radius 3 is 2.84 bits per heavy atom. The number of hydrogen-bond acceptors (Lipinski definition) is 6. The molecule has 0 spiro atoms. The summed E-state index contributed by atoms with van der Waals surface area (Å²) in [6.07, 6.45) is 4.23. The number of aromatic nitrogens is 2. The highest BCUT2D eigenvalue weighted by Gasteiger charge is 2.16. The zero-order chi connectivity index (χ0) is 21.6. The molecule has 1 amide bonds. The van der Waals surface area contributed by atoms with Crippen LogP contribution in [0.2, 0.25) is 0 Å². The van der Waals surface area contributed by atoms with Crippen molar-refractivity contribution in [2.75, 3.05) is 17.9 Å². The lowest BCUT2D eigenvalue weighted by Crippen LogP contribution is -2.24. The zero-order valence-corrected chi connectivity index (χ0v) is 18.2. The molecule has 0 unspecified atom stereocenters. The van der Waals surface area contributed by atoms with E-state index in [2.05, 4.69) is 17.2 Å². The van der Waals surface area contributed by atoms with E-state index in [4.69, 9.17) is 9.47 Å². The van der Waals surface area contributed by atoms with Crippen LogP contribution >= 0.6 is 11.8 Å². The molecular formula is C23H25N3O4S. The number of anilines is 1. The number of nitrogens with one attached hydrogen (secondary N) is 1. The fourth-order valence-electron chi connectivity index (χ4n) is 3.45. The average molecular weight is 440 g/mol. The number of thioether (sulfide) groups is 1. The lowest BCUT2D eigenvalue weighted by atomic mass is 10.2. The predicted octanol–water partition coefficient (Wildman–Crippen LogP) is 4.44. The summed E-state index contributed by atoms with van der Waals surface area (Å²) in [4.78, 5) is 30.2. The Labute approximate surface area is 184 Å². The van der Waals surface area contributed by atoms with E-state index in [1.807, 2.05) is 18.2 Å². The molecule has 31 heavy (non-hydrogen) atoms. The highest BCUT2D eigenvalue weighted by atomic mass is 32.2. The van der Waals surface area contributed by atoms with Crippen LogP contribution in [0.1, 0.15) is 32.6 Å². The Hall–Kier alpha value is -3.00. The van der Waals surface area contributed by atoms with E-state index in [1.54, 1.807) is 28.8 Å². The lowest BCUT2D eigenvalue weighted by Gasteiger charge is -2.13. The maximum absolute atomic E-state index is 13.0. The van der Waals surface area contributed by atoms with Crippen molar-refractivity contribution in [2.24, 2.45) is 0 Å². The first kappa shape index (κ1) is 21.2. The molecule has 1 aliphatic rings. The maximum atomic E-state index is 13.0. The van der Waals surface area contributed by atoms with Crippen molar-refractivity contribution in [1.29, 1.82) is 0 Å². The van der Waals surface area contributed by atoms with E-state index >= 15 is 0 Å². The van der Waals surface area contributed by atoms with Gasteiger partial charge in [-0.1, -0.05) is 50.1 Å². The first-order valence-corrected chi connectivity index (χ1v) is 11.5. The molecule has 1 aliphatic heterocycles. The van der Waals surface area contributed by atoms with Crippen LogP contribution in [0.4, 0.5) is 5.69 Å². The number of para-hydroxylation sites is 1. The van der Waals surface area contributed by atoms with Crippen molar-refractivity contribution in [3.63, 3.8) is 0 Å². The van der Waals surface area contributed by atoms with Crippen molar-refractivity contribution in [3.8, 4) is 11.5 Å². The highest BCUT2D eigenvalue weighted by Crippen LogP contribution is 2.34. The van der Waals surface area contributed by atoms with E-state index in [0.29, 0.717) is 39.8 Å². The molecule has 8 heteroatoms. The van der Waals surface area contributed by atoms with Crippen molar-refractivity contribution >= 4 is 34.3 Å². The Morgan fingerprint density at radius 2 is 1.97 bits per heavy atom. The third kappa shape index (κ3) is 5.02. The van der Waals surface area contributed by atoms with Crippen LogP contribution in [0, 0.1) is 0 Å². The number of ether oxygens (including phenoxy) is 2. The summed E-state index contributed by atoms with van der Waals surface area (Å²) < 4.78 is 12.3. The number of rotatable bonds is 9. The summed E-state index contributed by atoms with van der Waals surface area (Å²) in [5.74, 6) is 1.25. The molecule has 7 nitrogen and oxygen atoms in total. The summed E-state index contributed by atoms with van der Waals surface area (Å²) in [5.41, 5.74) is 1.23. The summed E-state index contributed by atoms with van der Waals surface area (Å²) in [6, 6.07) is 12.6. The van der Waals surface area contributed by atoms with Crippen LogP contribution in [0.15, 0.2) is 52.4 Å². The average Bonchev–Trinajstić information content (AvgIpc) is 3.24. The summed E-state index contributed by atoms with van der Waals surface area (Å²) >= 11 is 1.28. The highest BCUT2D eigenvalue weighted by molar-refractivity contribution is 7.99. The van der Waals surface area contributed by atoms with Gasteiger partial charge in [0.1, 0.15) is 0 Å². The van der Waals surface area contributed by atoms with E-state index in [9.17, 15) is 9.59 Å². The maximum Gasteiger partial charge on any atom is 0.262 e. The Balaban J connectivity index is 1.48. The van der Waals surface area contributed by atoms with Gasteiger partial charge in [-0.15, -0.1) is 0 Å². The minimum absolute atomic E-state index is 0.0548. The van der Waals surface area contributed by atoms with Gasteiger partial charge in [-0.3, -0.25) is 14.2 Å². The number of nitrogens with zero attached hydrogens (tertiary/aromatic N) is 2. The lowest BCUT2D eigenvalue weighted by molar-refractivity contribution is -0.113. The summed E-state index contributed by atoms with van der Waals surface area (Å²) in [5, 5.41) is 4.04. The molecule has 2 heterocycles. The van der Waals surface area contributed by atoms with Crippen LogP contribution in [0.3, 0.4) is 0 Å². The molecule has 0 saturated carbocycles. The third-order valence-electron chi connectivity index (χ3n) is 5.05. The SMILES string of the molecule is CCCCCCn1c(SCC(=O)Nc2ccc3c(c2)OCO3)nc2ccccc2c1=O. The van der Waals surface area contributed by atoms with Gasteiger partial charge in [0.2, 0.25) is 12.7 Å². The van der Waals surface area contributed by atoms with Gasteiger partial charge in [0.05, 0.1) is 16.7 Å². The topological polar surface area (TPSA) is 82.5 Å². The van der Waals surface area contributed by atoms with E-state index in [-0.39, 0.29) is 24.0 Å².